The molecule has 0 saturated heterocycles. The van der Waals surface area contributed by atoms with Gasteiger partial charge in [-0.25, -0.2) is 14.8 Å². The van der Waals surface area contributed by atoms with Gasteiger partial charge in [-0.15, -0.1) is 0 Å². The van der Waals surface area contributed by atoms with Crippen LogP contribution in [0.5, 0.6) is 0 Å². The molecule has 4 aromatic heterocycles. The zero-order valence-electron chi connectivity index (χ0n) is 22.0. The molecule has 202 valence electrons. The number of aryl methyl sites for hydroxylation is 3. The summed E-state index contributed by atoms with van der Waals surface area (Å²) in [6, 6.07) is 11.4. The average molecular weight is 559 g/mol. The van der Waals surface area contributed by atoms with Crippen LogP contribution in [-0.4, -0.2) is 44.3 Å². The van der Waals surface area contributed by atoms with Crippen LogP contribution in [0.25, 0.3) is 28.1 Å². The monoisotopic (exact) mass is 558 g/mol. The van der Waals surface area contributed by atoms with Crippen LogP contribution in [0.15, 0.2) is 42.5 Å². The lowest BCUT2D eigenvalue weighted by Crippen LogP contribution is -2.08. The predicted molar refractivity (Wildman–Crippen MR) is 151 cm³/mol. The highest BCUT2D eigenvalue weighted by Gasteiger charge is 2.12. The molecule has 0 aliphatic rings. The minimum absolute atomic E-state index is 0.165. The first-order valence-electron chi connectivity index (χ1n) is 12.6. The maximum atomic E-state index is 11.4. The fourth-order valence-corrected chi connectivity index (χ4v) is 4.41. The molecule has 0 saturated carbocycles. The summed E-state index contributed by atoms with van der Waals surface area (Å²) in [5.74, 6) is -0.511. The van der Waals surface area contributed by atoms with Gasteiger partial charge in [0.25, 0.3) is 0 Å². The Morgan fingerprint density at radius 2 is 1.42 bits per heavy atom. The molecule has 0 aliphatic heterocycles. The summed E-state index contributed by atoms with van der Waals surface area (Å²) in [7, 11) is 0. The first kappa shape index (κ1) is 29.2. The number of ether oxygens (including phenoxy) is 2. The second kappa shape index (κ2) is 14.0. The second-order valence-electron chi connectivity index (χ2n) is 8.18. The Morgan fingerprint density at radius 1 is 0.842 bits per heavy atom. The van der Waals surface area contributed by atoms with Gasteiger partial charge < -0.3 is 18.6 Å². The highest BCUT2D eigenvalue weighted by molar-refractivity contribution is 6.30. The molecule has 0 unspecified atom stereocenters. The van der Waals surface area contributed by atoms with E-state index in [1.165, 1.54) is 6.08 Å². The van der Waals surface area contributed by atoms with Crippen LogP contribution in [0.4, 0.5) is 0 Å². The zero-order valence-corrected chi connectivity index (χ0v) is 23.6. The number of esters is 2. The van der Waals surface area contributed by atoms with E-state index in [0.717, 1.165) is 46.5 Å². The molecule has 4 heterocycles. The summed E-state index contributed by atoms with van der Waals surface area (Å²) in [4.78, 5) is 31.4. The highest BCUT2D eigenvalue weighted by atomic mass is 35.5. The lowest BCUT2D eigenvalue weighted by molar-refractivity contribution is -0.143. The largest absolute Gasteiger partial charge is 0.466 e. The number of pyridine rings is 2. The fraction of sp³-hybridized carbons (Fsp3) is 0.357. The number of halogens is 2. The molecule has 0 bridgehead atoms. The average Bonchev–Trinajstić information content (AvgIpc) is 3.43. The Morgan fingerprint density at radius 3 is 2.00 bits per heavy atom. The smallest absolute Gasteiger partial charge is 0.330 e. The van der Waals surface area contributed by atoms with E-state index in [2.05, 4.69) is 27.5 Å². The topological polar surface area (TPSA) is 88.2 Å². The van der Waals surface area contributed by atoms with E-state index >= 15 is 0 Å². The Labute approximate surface area is 232 Å². The van der Waals surface area contributed by atoms with E-state index in [4.69, 9.17) is 32.7 Å². The molecule has 0 aromatic carbocycles. The number of carbonyl (C=O) groups excluding carboxylic acids is 2. The number of rotatable bonds is 9. The quantitative estimate of drug-likeness (QED) is 0.132. The van der Waals surface area contributed by atoms with Crippen LogP contribution >= 0.6 is 23.2 Å². The Kier molecular flexibility index (Phi) is 10.7. The molecule has 0 spiro atoms. The van der Waals surface area contributed by atoms with Crippen LogP contribution in [-0.2, 0) is 38.6 Å². The van der Waals surface area contributed by atoms with Crippen LogP contribution in [0, 0.1) is 0 Å². The number of hydrogen-bond acceptors (Lipinski definition) is 6. The Hall–Kier alpha value is -3.36. The third-order valence-corrected chi connectivity index (χ3v) is 6.16. The van der Waals surface area contributed by atoms with Crippen molar-refractivity contribution in [3.05, 3.63) is 64.2 Å². The van der Waals surface area contributed by atoms with Crippen LogP contribution in [0.1, 0.15) is 45.5 Å². The maximum Gasteiger partial charge on any atom is 0.330 e. The summed E-state index contributed by atoms with van der Waals surface area (Å²) in [5.41, 5.74) is 3.67. The highest BCUT2D eigenvalue weighted by Crippen LogP contribution is 2.22. The maximum absolute atomic E-state index is 11.4. The lowest BCUT2D eigenvalue weighted by atomic mass is 10.2. The van der Waals surface area contributed by atoms with Crippen molar-refractivity contribution in [2.75, 3.05) is 13.2 Å². The molecular weight excluding hydrogens is 527 g/mol. The van der Waals surface area contributed by atoms with Crippen LogP contribution in [0.2, 0.25) is 10.3 Å². The standard InChI is InChI=1S/C14H17ClN2O2.C14H15ClN2O2/c2*1-3-17-11(6-8-13(18)19-4-2)9-10-5-7-12(15)16-14(10)17/h5,7,9H,3-4,6,8H2,1-2H3;5-9H,3-4H2,1-2H3/b;8-6+. The third kappa shape index (κ3) is 7.36. The van der Waals surface area contributed by atoms with Crippen LogP contribution in [0.3, 0.4) is 0 Å². The summed E-state index contributed by atoms with van der Waals surface area (Å²) >= 11 is 11.8. The summed E-state index contributed by atoms with van der Waals surface area (Å²) in [6.07, 6.45) is 4.20. The number of carbonyl (C=O) groups is 2. The zero-order chi connectivity index (χ0) is 27.7. The van der Waals surface area contributed by atoms with E-state index in [0.29, 0.717) is 36.4 Å². The molecule has 4 aromatic rings. The van der Waals surface area contributed by atoms with Crippen molar-refractivity contribution in [1.82, 2.24) is 19.1 Å². The molecule has 0 N–H and O–H groups in total. The van der Waals surface area contributed by atoms with Crippen molar-refractivity contribution in [2.45, 2.75) is 53.6 Å². The molecule has 0 amide bonds. The lowest BCUT2D eigenvalue weighted by Gasteiger charge is -2.07. The molecule has 38 heavy (non-hydrogen) atoms. The van der Waals surface area contributed by atoms with Gasteiger partial charge in [0.2, 0.25) is 0 Å². The van der Waals surface area contributed by atoms with Gasteiger partial charge >= 0.3 is 11.9 Å². The molecule has 0 fully saturated rings. The normalized spacial score (nSPS) is 11.1. The number of aromatic nitrogens is 4. The van der Waals surface area contributed by atoms with Crippen molar-refractivity contribution in [2.24, 2.45) is 0 Å². The van der Waals surface area contributed by atoms with Gasteiger partial charge in [0, 0.05) is 41.3 Å². The van der Waals surface area contributed by atoms with Crippen molar-refractivity contribution in [1.29, 1.82) is 0 Å². The van der Waals surface area contributed by atoms with E-state index in [1.807, 2.05) is 36.6 Å². The van der Waals surface area contributed by atoms with Crippen molar-refractivity contribution in [3.63, 3.8) is 0 Å². The molecule has 10 heteroatoms. The van der Waals surface area contributed by atoms with Gasteiger partial charge in [-0.3, -0.25) is 4.79 Å². The van der Waals surface area contributed by atoms with E-state index in [-0.39, 0.29) is 11.9 Å². The van der Waals surface area contributed by atoms with E-state index < -0.39 is 0 Å². The SMILES string of the molecule is CCOC(=O)/C=C/c1cc2ccc(Cl)nc2n1CC.CCOC(=O)CCc1cc2ccc(Cl)nc2n1CC. The number of nitrogens with zero attached hydrogens (tertiary/aromatic N) is 4. The van der Waals surface area contributed by atoms with Crippen LogP contribution < -0.4 is 0 Å². The first-order valence-corrected chi connectivity index (χ1v) is 13.4. The molecule has 0 atom stereocenters. The predicted octanol–water partition coefficient (Wildman–Crippen LogP) is 6.49. The first-order chi connectivity index (χ1) is 18.3. The fourth-order valence-electron chi connectivity index (χ4n) is 4.12. The summed E-state index contributed by atoms with van der Waals surface area (Å²) < 4.78 is 13.9. The molecule has 8 nitrogen and oxygen atoms in total. The Bertz CT molecular complexity index is 1440. The van der Waals surface area contributed by atoms with Gasteiger partial charge in [0.15, 0.2) is 0 Å². The third-order valence-electron chi connectivity index (χ3n) is 5.74. The minimum Gasteiger partial charge on any atom is -0.466 e. The van der Waals surface area contributed by atoms with Gasteiger partial charge in [0.05, 0.1) is 19.6 Å². The molecule has 0 radical (unpaired) electrons. The van der Waals surface area contributed by atoms with Crippen molar-refractivity contribution >= 4 is 63.3 Å². The van der Waals surface area contributed by atoms with Crippen molar-refractivity contribution < 1.29 is 19.1 Å². The van der Waals surface area contributed by atoms with E-state index in [9.17, 15) is 9.59 Å². The van der Waals surface area contributed by atoms with Gasteiger partial charge in [0.1, 0.15) is 21.6 Å². The summed E-state index contributed by atoms with van der Waals surface area (Å²) in [6.45, 7) is 10.0. The van der Waals surface area contributed by atoms with Crippen molar-refractivity contribution in [3.8, 4) is 0 Å². The second-order valence-corrected chi connectivity index (χ2v) is 8.95. The Balaban J connectivity index is 0.000000211. The van der Waals surface area contributed by atoms with Gasteiger partial charge in [-0.05, 0) is 76.6 Å². The van der Waals surface area contributed by atoms with E-state index in [1.54, 1.807) is 25.1 Å². The molecule has 0 aliphatic carbocycles. The molecular formula is C28H32Cl2N4O4. The number of fused-ring (bicyclic) bond motifs is 2. The van der Waals surface area contributed by atoms with Gasteiger partial charge in [-0.2, -0.15) is 0 Å². The van der Waals surface area contributed by atoms with Gasteiger partial charge in [-0.1, -0.05) is 23.2 Å². The summed E-state index contributed by atoms with van der Waals surface area (Å²) in [5, 5.41) is 2.98. The number of hydrogen-bond donors (Lipinski definition) is 0. The minimum atomic E-state index is -0.346. The molecule has 4 rings (SSSR count).